The summed E-state index contributed by atoms with van der Waals surface area (Å²) < 4.78 is 13.8. The number of carboxylic acids is 1. The van der Waals surface area contributed by atoms with Crippen LogP contribution in [0.2, 0.25) is 0 Å². The van der Waals surface area contributed by atoms with E-state index in [1.807, 2.05) is 29.7 Å². The molecule has 0 aliphatic carbocycles. The molecule has 0 radical (unpaired) electrons. The number of nitrogens with one attached hydrogen (secondary N) is 1. The summed E-state index contributed by atoms with van der Waals surface area (Å²) in [5.41, 5.74) is 1.36. The number of halogens is 1. The fourth-order valence-corrected chi connectivity index (χ4v) is 2.69. The van der Waals surface area contributed by atoms with Crippen molar-refractivity contribution in [3.63, 3.8) is 0 Å². The highest BCUT2D eigenvalue weighted by atomic mass is 32.1. The highest BCUT2D eigenvalue weighted by Crippen LogP contribution is 2.23. The van der Waals surface area contributed by atoms with E-state index in [1.54, 1.807) is 11.3 Å². The Morgan fingerprint density at radius 2 is 2.29 bits per heavy atom. The molecular weight excluding hydrogens is 291 g/mol. The van der Waals surface area contributed by atoms with Gasteiger partial charge in [0.2, 0.25) is 0 Å². The van der Waals surface area contributed by atoms with Crippen LogP contribution in [0.25, 0.3) is 23.1 Å². The number of aliphatic carboxylic acids is 1. The number of aromatic amines is 1. The molecule has 2 heterocycles. The molecule has 0 aliphatic rings. The third kappa shape index (κ3) is 2.85. The first-order valence-electron chi connectivity index (χ1n) is 6.23. The standard InChI is InChI=1S/C15H11FN2O2S/c16-12-8-14-11(6-9(12)7-15(19)20)13(17-18-14)4-3-10-2-1-5-21-10/h1-6,8H,7H2,(H,17,18)(H,19,20)/b4-3-. The quantitative estimate of drug-likeness (QED) is 0.774. The lowest BCUT2D eigenvalue weighted by atomic mass is 10.1. The van der Waals surface area contributed by atoms with Crippen LogP contribution in [0, 0.1) is 5.82 Å². The summed E-state index contributed by atoms with van der Waals surface area (Å²) in [4.78, 5) is 11.8. The molecule has 2 aromatic heterocycles. The molecule has 0 spiro atoms. The molecule has 4 nitrogen and oxygen atoms in total. The van der Waals surface area contributed by atoms with Crippen molar-refractivity contribution < 1.29 is 14.3 Å². The highest BCUT2D eigenvalue weighted by Gasteiger charge is 2.12. The van der Waals surface area contributed by atoms with E-state index in [-0.39, 0.29) is 12.0 Å². The minimum atomic E-state index is -1.06. The lowest BCUT2D eigenvalue weighted by Crippen LogP contribution is -2.02. The lowest BCUT2D eigenvalue weighted by molar-refractivity contribution is -0.136. The van der Waals surface area contributed by atoms with Crippen LogP contribution in [0.3, 0.4) is 0 Å². The normalized spacial score (nSPS) is 11.5. The number of thiophene rings is 1. The van der Waals surface area contributed by atoms with Gasteiger partial charge in [-0.2, -0.15) is 5.10 Å². The number of carboxylic acid groups (broad SMARTS) is 1. The molecule has 106 valence electrons. The van der Waals surface area contributed by atoms with Crippen molar-refractivity contribution in [2.45, 2.75) is 6.42 Å². The maximum absolute atomic E-state index is 13.8. The molecule has 0 unspecified atom stereocenters. The van der Waals surface area contributed by atoms with Gasteiger partial charge in [-0.05, 0) is 41.3 Å². The van der Waals surface area contributed by atoms with Crippen molar-refractivity contribution in [2.75, 3.05) is 0 Å². The van der Waals surface area contributed by atoms with E-state index in [2.05, 4.69) is 10.2 Å². The molecule has 1 aromatic carbocycles. The van der Waals surface area contributed by atoms with Gasteiger partial charge >= 0.3 is 5.97 Å². The second-order valence-corrected chi connectivity index (χ2v) is 5.50. The van der Waals surface area contributed by atoms with E-state index < -0.39 is 11.8 Å². The van der Waals surface area contributed by atoms with Crippen LogP contribution in [0.15, 0.2) is 29.6 Å². The van der Waals surface area contributed by atoms with Crippen LogP contribution in [0.4, 0.5) is 4.39 Å². The van der Waals surface area contributed by atoms with E-state index in [0.29, 0.717) is 16.6 Å². The summed E-state index contributed by atoms with van der Waals surface area (Å²) >= 11 is 1.60. The number of fused-ring (bicyclic) bond motifs is 1. The summed E-state index contributed by atoms with van der Waals surface area (Å²) in [5, 5.41) is 18.4. The number of hydrogen-bond acceptors (Lipinski definition) is 3. The van der Waals surface area contributed by atoms with Crippen molar-refractivity contribution in [1.29, 1.82) is 0 Å². The molecule has 0 fully saturated rings. The van der Waals surface area contributed by atoms with Crippen molar-refractivity contribution in [2.24, 2.45) is 0 Å². The van der Waals surface area contributed by atoms with Gasteiger partial charge in [0.05, 0.1) is 17.6 Å². The lowest BCUT2D eigenvalue weighted by Gasteiger charge is -2.00. The number of hydrogen-bond donors (Lipinski definition) is 2. The number of nitrogens with zero attached hydrogens (tertiary/aromatic N) is 1. The Hall–Kier alpha value is -2.47. The monoisotopic (exact) mass is 302 g/mol. The van der Waals surface area contributed by atoms with E-state index in [0.717, 1.165) is 4.88 Å². The summed E-state index contributed by atoms with van der Waals surface area (Å²) in [5.74, 6) is -1.60. The van der Waals surface area contributed by atoms with Gasteiger partial charge in [-0.1, -0.05) is 6.07 Å². The predicted octanol–water partition coefficient (Wildman–Crippen LogP) is 3.56. The Kier molecular flexibility index (Phi) is 3.53. The molecule has 3 rings (SSSR count). The number of benzene rings is 1. The van der Waals surface area contributed by atoms with Crippen molar-refractivity contribution in [3.8, 4) is 0 Å². The van der Waals surface area contributed by atoms with Crippen LogP contribution in [-0.2, 0) is 11.2 Å². The molecule has 2 N–H and O–H groups in total. The maximum Gasteiger partial charge on any atom is 0.307 e. The molecule has 3 aromatic rings. The van der Waals surface area contributed by atoms with Gasteiger partial charge in [0.1, 0.15) is 5.82 Å². The third-order valence-electron chi connectivity index (χ3n) is 3.05. The van der Waals surface area contributed by atoms with Gasteiger partial charge in [-0.15, -0.1) is 11.3 Å². The molecular formula is C15H11FN2O2S. The fourth-order valence-electron chi connectivity index (χ4n) is 2.08. The molecule has 0 atom stereocenters. The Morgan fingerprint density at radius 1 is 1.43 bits per heavy atom. The van der Waals surface area contributed by atoms with Crippen LogP contribution >= 0.6 is 11.3 Å². The Labute approximate surface area is 123 Å². The molecule has 0 bridgehead atoms. The fraction of sp³-hybridized carbons (Fsp3) is 0.0667. The van der Waals surface area contributed by atoms with Crippen LogP contribution in [0.5, 0.6) is 0 Å². The molecule has 0 aliphatic heterocycles. The molecule has 21 heavy (non-hydrogen) atoms. The van der Waals surface area contributed by atoms with Crippen molar-refractivity contribution in [1.82, 2.24) is 10.2 Å². The van der Waals surface area contributed by atoms with E-state index >= 15 is 0 Å². The van der Waals surface area contributed by atoms with Gasteiger partial charge in [0.15, 0.2) is 0 Å². The minimum Gasteiger partial charge on any atom is -0.481 e. The van der Waals surface area contributed by atoms with Gasteiger partial charge in [0.25, 0.3) is 0 Å². The number of carbonyl (C=O) groups is 1. The molecule has 0 saturated heterocycles. The molecule has 0 saturated carbocycles. The zero-order valence-corrected chi connectivity index (χ0v) is 11.7. The van der Waals surface area contributed by atoms with E-state index in [4.69, 9.17) is 5.11 Å². The number of rotatable bonds is 4. The van der Waals surface area contributed by atoms with Crippen LogP contribution in [0.1, 0.15) is 16.1 Å². The van der Waals surface area contributed by atoms with Gasteiger partial charge in [-0.25, -0.2) is 4.39 Å². The van der Waals surface area contributed by atoms with Gasteiger partial charge in [0, 0.05) is 10.3 Å². The Morgan fingerprint density at radius 3 is 3.00 bits per heavy atom. The summed E-state index contributed by atoms with van der Waals surface area (Å²) in [6.07, 6.45) is 3.40. The van der Waals surface area contributed by atoms with E-state index in [9.17, 15) is 9.18 Å². The van der Waals surface area contributed by atoms with Crippen molar-refractivity contribution >= 4 is 40.4 Å². The second-order valence-electron chi connectivity index (χ2n) is 4.52. The van der Waals surface area contributed by atoms with Crippen LogP contribution < -0.4 is 0 Å². The average Bonchev–Trinajstić information content (AvgIpc) is 3.06. The first-order valence-corrected chi connectivity index (χ1v) is 7.11. The topological polar surface area (TPSA) is 66.0 Å². The molecule has 6 heteroatoms. The predicted molar refractivity (Wildman–Crippen MR) is 80.6 cm³/mol. The zero-order valence-electron chi connectivity index (χ0n) is 10.8. The SMILES string of the molecule is O=C(O)Cc1cc2c(/C=C\c3cccs3)n[nH]c2cc1F. The Balaban J connectivity index is 2.02. The Bertz CT molecular complexity index is 822. The summed E-state index contributed by atoms with van der Waals surface area (Å²) in [6.45, 7) is 0. The zero-order chi connectivity index (χ0) is 14.8. The summed E-state index contributed by atoms with van der Waals surface area (Å²) in [6, 6.07) is 6.75. The highest BCUT2D eigenvalue weighted by molar-refractivity contribution is 7.10. The van der Waals surface area contributed by atoms with Crippen molar-refractivity contribution in [3.05, 3.63) is 51.6 Å². The number of aromatic nitrogens is 2. The molecule has 0 amide bonds. The smallest absolute Gasteiger partial charge is 0.307 e. The third-order valence-corrected chi connectivity index (χ3v) is 3.89. The van der Waals surface area contributed by atoms with Crippen LogP contribution in [-0.4, -0.2) is 21.3 Å². The maximum atomic E-state index is 13.8. The number of H-pyrrole nitrogens is 1. The first-order chi connectivity index (χ1) is 10.1. The second kappa shape index (κ2) is 5.49. The summed E-state index contributed by atoms with van der Waals surface area (Å²) in [7, 11) is 0. The van der Waals surface area contributed by atoms with Gasteiger partial charge in [-0.3, -0.25) is 9.89 Å². The average molecular weight is 302 g/mol. The minimum absolute atomic E-state index is 0.155. The van der Waals surface area contributed by atoms with E-state index in [1.165, 1.54) is 12.1 Å². The van der Waals surface area contributed by atoms with Gasteiger partial charge < -0.3 is 5.11 Å². The largest absolute Gasteiger partial charge is 0.481 e. The first kappa shape index (κ1) is 13.5.